The van der Waals surface area contributed by atoms with Crippen molar-refractivity contribution in [2.75, 3.05) is 5.32 Å². The highest BCUT2D eigenvalue weighted by Crippen LogP contribution is 2.23. The number of hydrogen-bond acceptors (Lipinski definition) is 2. The summed E-state index contributed by atoms with van der Waals surface area (Å²) in [6, 6.07) is 15.3. The summed E-state index contributed by atoms with van der Waals surface area (Å²) in [5.41, 5.74) is 3.91. The molecule has 4 nitrogen and oxygen atoms in total. The first-order valence-corrected chi connectivity index (χ1v) is 8.01. The zero-order chi connectivity index (χ0) is 17.7. The van der Waals surface area contributed by atoms with E-state index in [0.29, 0.717) is 12.2 Å². The molecule has 0 radical (unpaired) electrons. The molecule has 24 heavy (non-hydrogen) atoms. The number of aryl methyl sites for hydroxylation is 1. The van der Waals surface area contributed by atoms with E-state index in [1.165, 1.54) is 5.56 Å². The highest BCUT2D eigenvalue weighted by atomic mass is 16.2. The number of hydrogen-bond donors (Lipinski definition) is 2. The molecule has 0 bridgehead atoms. The first-order chi connectivity index (χ1) is 11.3. The minimum Gasteiger partial charge on any atom is -0.344 e. The van der Waals surface area contributed by atoms with Crippen molar-refractivity contribution in [1.29, 1.82) is 0 Å². The lowest BCUT2D eigenvalue weighted by Crippen LogP contribution is -2.34. The molecule has 126 valence electrons. The second-order valence-electron chi connectivity index (χ2n) is 6.95. The van der Waals surface area contributed by atoms with E-state index in [-0.39, 0.29) is 5.41 Å². The lowest BCUT2D eigenvalue weighted by Gasteiger charge is -2.19. The van der Waals surface area contributed by atoms with Gasteiger partial charge in [-0.1, -0.05) is 62.7 Å². The quantitative estimate of drug-likeness (QED) is 0.848. The van der Waals surface area contributed by atoms with E-state index >= 15 is 0 Å². The van der Waals surface area contributed by atoms with Gasteiger partial charge in [-0.15, -0.1) is 0 Å². The van der Waals surface area contributed by atoms with Crippen molar-refractivity contribution in [3.63, 3.8) is 0 Å². The van der Waals surface area contributed by atoms with Gasteiger partial charge in [-0.3, -0.25) is 9.59 Å². The van der Waals surface area contributed by atoms with E-state index in [1.807, 2.05) is 55.5 Å². The van der Waals surface area contributed by atoms with E-state index in [2.05, 4.69) is 31.4 Å². The van der Waals surface area contributed by atoms with Crippen LogP contribution in [0.1, 0.15) is 37.5 Å². The van der Waals surface area contributed by atoms with Crippen LogP contribution in [0.4, 0.5) is 5.69 Å². The fourth-order valence-corrected chi connectivity index (χ4v) is 2.33. The largest absolute Gasteiger partial charge is 0.344 e. The molecule has 0 atom stereocenters. The summed E-state index contributed by atoms with van der Waals surface area (Å²) < 4.78 is 0. The third kappa shape index (κ3) is 4.95. The Morgan fingerprint density at radius 3 is 2.21 bits per heavy atom. The average molecular weight is 324 g/mol. The number of anilines is 1. The van der Waals surface area contributed by atoms with Gasteiger partial charge in [-0.25, -0.2) is 0 Å². The van der Waals surface area contributed by atoms with Gasteiger partial charge in [0.25, 0.3) is 0 Å². The second kappa shape index (κ2) is 7.30. The van der Waals surface area contributed by atoms with Gasteiger partial charge in [0, 0.05) is 12.2 Å². The third-order valence-corrected chi connectivity index (χ3v) is 3.75. The molecule has 0 heterocycles. The minimum atomic E-state index is -0.661. The van der Waals surface area contributed by atoms with Crippen molar-refractivity contribution in [3.8, 4) is 0 Å². The Bertz CT molecular complexity index is 728. The molecular formula is C20H24N2O2. The Labute approximate surface area is 143 Å². The molecule has 0 aliphatic heterocycles. The summed E-state index contributed by atoms with van der Waals surface area (Å²) in [7, 11) is 0. The lowest BCUT2D eigenvalue weighted by molar-refractivity contribution is -0.136. The molecule has 2 N–H and O–H groups in total. The van der Waals surface area contributed by atoms with Gasteiger partial charge in [0.05, 0.1) is 0 Å². The minimum absolute atomic E-state index is 0.0493. The van der Waals surface area contributed by atoms with E-state index < -0.39 is 11.8 Å². The number of amides is 2. The van der Waals surface area contributed by atoms with Crippen LogP contribution in [0.15, 0.2) is 48.5 Å². The van der Waals surface area contributed by atoms with Crippen LogP contribution in [0, 0.1) is 6.92 Å². The maximum Gasteiger partial charge on any atom is 0.313 e. The van der Waals surface area contributed by atoms with Gasteiger partial charge in [0.15, 0.2) is 0 Å². The van der Waals surface area contributed by atoms with Crippen LogP contribution in [-0.4, -0.2) is 11.8 Å². The zero-order valence-corrected chi connectivity index (χ0v) is 14.6. The highest BCUT2D eigenvalue weighted by Gasteiger charge is 2.15. The van der Waals surface area contributed by atoms with Gasteiger partial charge in [-0.05, 0) is 35.6 Å². The van der Waals surface area contributed by atoms with E-state index in [9.17, 15) is 9.59 Å². The van der Waals surface area contributed by atoms with Gasteiger partial charge < -0.3 is 10.6 Å². The third-order valence-electron chi connectivity index (χ3n) is 3.75. The maximum atomic E-state index is 12.0. The molecule has 0 saturated carbocycles. The summed E-state index contributed by atoms with van der Waals surface area (Å²) in [6.07, 6.45) is 0. The number of nitrogens with one attached hydrogen (secondary N) is 2. The molecule has 2 rings (SSSR count). The van der Waals surface area contributed by atoms with Crippen molar-refractivity contribution in [2.45, 2.75) is 39.7 Å². The fourth-order valence-electron chi connectivity index (χ4n) is 2.33. The normalized spacial score (nSPS) is 11.0. The second-order valence-corrected chi connectivity index (χ2v) is 6.95. The standard InChI is InChI=1S/C20H24N2O2/c1-14-6-5-7-15(12-14)13-21-18(23)19(24)22-17-10-8-16(9-11-17)20(2,3)4/h5-12H,13H2,1-4H3,(H,21,23)(H,22,24). The van der Waals surface area contributed by atoms with Crippen LogP contribution >= 0.6 is 0 Å². The summed E-state index contributed by atoms with van der Waals surface area (Å²) in [5.74, 6) is -1.30. The molecule has 2 aromatic rings. The molecule has 0 spiro atoms. The first-order valence-electron chi connectivity index (χ1n) is 8.01. The van der Waals surface area contributed by atoms with Crippen LogP contribution in [0.2, 0.25) is 0 Å². The van der Waals surface area contributed by atoms with Gasteiger partial charge in [-0.2, -0.15) is 0 Å². The lowest BCUT2D eigenvalue weighted by atomic mass is 9.87. The Balaban J connectivity index is 1.90. The molecule has 0 aliphatic rings. The summed E-state index contributed by atoms with van der Waals surface area (Å²) >= 11 is 0. The monoisotopic (exact) mass is 324 g/mol. The van der Waals surface area contributed by atoms with Crippen LogP contribution < -0.4 is 10.6 Å². The average Bonchev–Trinajstić information content (AvgIpc) is 2.52. The summed E-state index contributed by atoms with van der Waals surface area (Å²) in [6.45, 7) is 8.69. The van der Waals surface area contributed by atoms with Crippen LogP contribution in [0.25, 0.3) is 0 Å². The summed E-state index contributed by atoms with van der Waals surface area (Å²) in [5, 5.41) is 5.25. The van der Waals surface area contributed by atoms with Crippen molar-refractivity contribution in [1.82, 2.24) is 5.32 Å². The molecule has 0 unspecified atom stereocenters. The van der Waals surface area contributed by atoms with Crippen molar-refractivity contribution >= 4 is 17.5 Å². The number of carbonyl (C=O) groups excluding carboxylic acids is 2. The van der Waals surface area contributed by atoms with E-state index in [0.717, 1.165) is 11.1 Å². The van der Waals surface area contributed by atoms with E-state index in [1.54, 1.807) is 0 Å². The molecular weight excluding hydrogens is 300 g/mol. The Morgan fingerprint density at radius 2 is 1.62 bits per heavy atom. The first kappa shape index (κ1) is 17.7. The predicted octanol–water partition coefficient (Wildman–Crippen LogP) is 3.55. The topological polar surface area (TPSA) is 58.2 Å². The molecule has 0 saturated heterocycles. The number of rotatable bonds is 3. The summed E-state index contributed by atoms with van der Waals surface area (Å²) in [4.78, 5) is 23.9. The molecule has 0 aromatic heterocycles. The highest BCUT2D eigenvalue weighted by molar-refractivity contribution is 6.39. The van der Waals surface area contributed by atoms with Crippen molar-refractivity contribution in [2.24, 2.45) is 0 Å². The zero-order valence-electron chi connectivity index (χ0n) is 14.6. The molecule has 0 fully saturated rings. The Hall–Kier alpha value is -2.62. The predicted molar refractivity (Wildman–Crippen MR) is 96.8 cm³/mol. The van der Waals surface area contributed by atoms with Crippen LogP contribution in [0.3, 0.4) is 0 Å². The fraction of sp³-hybridized carbons (Fsp3) is 0.300. The number of carbonyl (C=O) groups is 2. The van der Waals surface area contributed by atoms with Crippen LogP contribution in [0.5, 0.6) is 0 Å². The SMILES string of the molecule is Cc1cccc(CNC(=O)C(=O)Nc2ccc(C(C)(C)C)cc2)c1. The van der Waals surface area contributed by atoms with E-state index in [4.69, 9.17) is 0 Å². The molecule has 2 aromatic carbocycles. The maximum absolute atomic E-state index is 12.0. The van der Waals surface area contributed by atoms with Crippen LogP contribution in [-0.2, 0) is 21.5 Å². The Kier molecular flexibility index (Phi) is 5.39. The van der Waals surface area contributed by atoms with Crippen molar-refractivity contribution < 1.29 is 9.59 Å². The number of benzene rings is 2. The molecule has 4 heteroatoms. The van der Waals surface area contributed by atoms with Crippen molar-refractivity contribution in [3.05, 3.63) is 65.2 Å². The smallest absolute Gasteiger partial charge is 0.313 e. The molecule has 2 amide bonds. The molecule has 0 aliphatic carbocycles. The van der Waals surface area contributed by atoms with Gasteiger partial charge >= 0.3 is 11.8 Å². The Morgan fingerprint density at radius 1 is 0.958 bits per heavy atom. The van der Waals surface area contributed by atoms with Gasteiger partial charge in [0.1, 0.15) is 0 Å². The van der Waals surface area contributed by atoms with Gasteiger partial charge in [0.2, 0.25) is 0 Å².